The molecule has 0 aliphatic carbocycles. The molecule has 114 valence electrons. The summed E-state index contributed by atoms with van der Waals surface area (Å²) in [5.74, 6) is -0.553. The molecule has 0 aromatic heterocycles. The summed E-state index contributed by atoms with van der Waals surface area (Å²) in [4.78, 5) is 0. The van der Waals surface area contributed by atoms with Crippen LogP contribution in [0.15, 0.2) is 18.2 Å². The molecule has 1 atom stereocenters. The van der Waals surface area contributed by atoms with Gasteiger partial charge in [0.05, 0.1) is 5.02 Å². The van der Waals surface area contributed by atoms with E-state index in [-0.39, 0.29) is 17.5 Å². The van der Waals surface area contributed by atoms with Crippen LogP contribution in [0, 0.1) is 5.82 Å². The van der Waals surface area contributed by atoms with Crippen LogP contribution in [0.3, 0.4) is 0 Å². The molecule has 0 saturated carbocycles. The third-order valence-corrected chi connectivity index (χ3v) is 3.25. The summed E-state index contributed by atoms with van der Waals surface area (Å²) in [6, 6.07) is 4.07. The maximum atomic E-state index is 13.4. The Morgan fingerprint density at radius 1 is 1.30 bits per heavy atom. The Kier molecular flexibility index (Phi) is 6.76. The topological polar surface area (TPSA) is 12.0 Å². The molecule has 0 heterocycles. The van der Waals surface area contributed by atoms with Gasteiger partial charge in [0.25, 0.3) is 0 Å². The van der Waals surface area contributed by atoms with E-state index < -0.39 is 18.4 Å². The predicted molar refractivity (Wildman–Crippen MR) is 72.4 cm³/mol. The summed E-state index contributed by atoms with van der Waals surface area (Å²) in [6.45, 7) is 2.63. The van der Waals surface area contributed by atoms with Crippen molar-refractivity contribution in [3.63, 3.8) is 0 Å². The number of rotatable bonds is 7. The van der Waals surface area contributed by atoms with Crippen molar-refractivity contribution in [1.82, 2.24) is 5.32 Å². The third-order valence-electron chi connectivity index (χ3n) is 2.94. The van der Waals surface area contributed by atoms with Crippen molar-refractivity contribution in [3.8, 4) is 0 Å². The van der Waals surface area contributed by atoms with Crippen molar-refractivity contribution < 1.29 is 17.6 Å². The average Bonchev–Trinajstić information content (AvgIpc) is 2.35. The highest BCUT2D eigenvalue weighted by Crippen LogP contribution is 2.27. The van der Waals surface area contributed by atoms with Crippen LogP contribution in [0.5, 0.6) is 0 Å². The van der Waals surface area contributed by atoms with Crippen molar-refractivity contribution in [2.75, 3.05) is 6.54 Å². The molecular weight excluding hydrogens is 294 g/mol. The maximum absolute atomic E-state index is 13.4. The number of hydrogen-bond acceptors (Lipinski definition) is 1. The van der Waals surface area contributed by atoms with Crippen molar-refractivity contribution in [3.05, 3.63) is 34.6 Å². The van der Waals surface area contributed by atoms with E-state index in [9.17, 15) is 17.6 Å². The average molecular weight is 312 g/mol. The molecule has 0 amide bonds. The molecule has 0 fully saturated rings. The van der Waals surface area contributed by atoms with Gasteiger partial charge in [0, 0.05) is 12.5 Å². The van der Waals surface area contributed by atoms with Gasteiger partial charge in [-0.2, -0.15) is 13.2 Å². The molecule has 1 unspecified atom stereocenters. The number of nitrogens with one attached hydrogen (secondary N) is 1. The summed E-state index contributed by atoms with van der Waals surface area (Å²) in [6.07, 6.45) is -3.81. The summed E-state index contributed by atoms with van der Waals surface area (Å²) in [5.41, 5.74) is 0.627. The molecular formula is C14H18ClF4N. The minimum absolute atomic E-state index is 0.00905. The van der Waals surface area contributed by atoms with Crippen molar-refractivity contribution >= 4 is 11.6 Å². The fraction of sp³-hybridized carbons (Fsp3) is 0.571. The van der Waals surface area contributed by atoms with Crippen LogP contribution in [-0.2, 0) is 0 Å². The Hall–Kier alpha value is -0.810. The van der Waals surface area contributed by atoms with Gasteiger partial charge in [-0.3, -0.25) is 0 Å². The molecule has 0 radical (unpaired) electrons. The first kappa shape index (κ1) is 17.2. The molecule has 0 bridgehead atoms. The van der Waals surface area contributed by atoms with Gasteiger partial charge >= 0.3 is 6.18 Å². The second-order valence-electron chi connectivity index (χ2n) is 4.69. The molecule has 1 N–H and O–H groups in total. The van der Waals surface area contributed by atoms with E-state index in [1.807, 2.05) is 6.92 Å². The van der Waals surface area contributed by atoms with Crippen molar-refractivity contribution in [2.45, 2.75) is 44.8 Å². The first-order valence-electron chi connectivity index (χ1n) is 6.58. The highest BCUT2D eigenvalue weighted by Gasteiger charge is 2.27. The normalized spacial score (nSPS) is 13.5. The fourth-order valence-electron chi connectivity index (χ4n) is 1.94. The summed E-state index contributed by atoms with van der Waals surface area (Å²) < 4.78 is 50.0. The van der Waals surface area contributed by atoms with E-state index in [1.165, 1.54) is 12.1 Å². The fourth-order valence-corrected chi connectivity index (χ4v) is 2.06. The zero-order valence-electron chi connectivity index (χ0n) is 11.2. The maximum Gasteiger partial charge on any atom is 0.389 e. The Bertz CT molecular complexity index is 420. The largest absolute Gasteiger partial charge is 0.389 e. The van der Waals surface area contributed by atoms with E-state index in [4.69, 9.17) is 11.6 Å². The minimum Gasteiger partial charge on any atom is -0.310 e. The summed E-state index contributed by atoms with van der Waals surface area (Å²) >= 11 is 5.61. The molecule has 6 heteroatoms. The van der Waals surface area contributed by atoms with Crippen LogP contribution >= 0.6 is 11.6 Å². The molecule has 0 spiro atoms. The second kappa shape index (κ2) is 7.84. The Morgan fingerprint density at radius 3 is 2.55 bits per heavy atom. The molecule has 1 aromatic carbocycles. The Morgan fingerprint density at radius 2 is 2.00 bits per heavy atom. The molecule has 1 rings (SSSR count). The number of benzene rings is 1. The molecule has 0 saturated heterocycles. The SMILES string of the molecule is CCCNC(CCCC(F)(F)F)c1ccc(Cl)c(F)c1. The van der Waals surface area contributed by atoms with Crippen LogP contribution in [0.1, 0.15) is 44.2 Å². The molecule has 20 heavy (non-hydrogen) atoms. The number of halogens is 5. The molecule has 1 nitrogen and oxygen atoms in total. The van der Waals surface area contributed by atoms with E-state index >= 15 is 0 Å². The van der Waals surface area contributed by atoms with Crippen LogP contribution < -0.4 is 5.32 Å². The van der Waals surface area contributed by atoms with Gasteiger partial charge in [-0.05, 0) is 43.5 Å². The monoisotopic (exact) mass is 311 g/mol. The predicted octanol–water partition coefficient (Wildman–Crippen LogP) is 5.25. The number of hydrogen-bond donors (Lipinski definition) is 1. The lowest BCUT2D eigenvalue weighted by Crippen LogP contribution is -2.23. The lowest BCUT2D eigenvalue weighted by Gasteiger charge is -2.19. The van der Waals surface area contributed by atoms with E-state index in [1.54, 1.807) is 6.07 Å². The zero-order chi connectivity index (χ0) is 15.2. The quantitative estimate of drug-likeness (QED) is 0.678. The van der Waals surface area contributed by atoms with Gasteiger partial charge < -0.3 is 5.32 Å². The molecule has 0 aliphatic heterocycles. The lowest BCUT2D eigenvalue weighted by molar-refractivity contribution is -0.135. The first-order chi connectivity index (χ1) is 9.33. The van der Waals surface area contributed by atoms with Crippen molar-refractivity contribution in [2.24, 2.45) is 0 Å². The highest BCUT2D eigenvalue weighted by atomic mass is 35.5. The number of alkyl halides is 3. The van der Waals surface area contributed by atoms with Crippen LogP contribution in [0.2, 0.25) is 5.02 Å². The summed E-state index contributed by atoms with van der Waals surface area (Å²) in [7, 11) is 0. The van der Waals surface area contributed by atoms with Gasteiger partial charge in [-0.15, -0.1) is 0 Å². The van der Waals surface area contributed by atoms with Gasteiger partial charge in [0.15, 0.2) is 0 Å². The first-order valence-corrected chi connectivity index (χ1v) is 6.96. The van der Waals surface area contributed by atoms with E-state index in [2.05, 4.69) is 5.32 Å². The summed E-state index contributed by atoms with van der Waals surface area (Å²) in [5, 5.41) is 3.15. The van der Waals surface area contributed by atoms with Gasteiger partial charge in [0.2, 0.25) is 0 Å². The minimum atomic E-state index is -4.15. The molecule has 0 aliphatic rings. The van der Waals surface area contributed by atoms with Gasteiger partial charge in [0.1, 0.15) is 5.82 Å². The molecule has 1 aromatic rings. The Labute approximate surface area is 121 Å². The van der Waals surface area contributed by atoms with E-state index in [0.717, 1.165) is 6.42 Å². The van der Waals surface area contributed by atoms with Crippen LogP contribution in [-0.4, -0.2) is 12.7 Å². The van der Waals surface area contributed by atoms with Gasteiger partial charge in [-0.25, -0.2) is 4.39 Å². The Balaban J connectivity index is 2.69. The van der Waals surface area contributed by atoms with Crippen molar-refractivity contribution in [1.29, 1.82) is 0 Å². The smallest absolute Gasteiger partial charge is 0.310 e. The zero-order valence-corrected chi connectivity index (χ0v) is 12.0. The standard InChI is InChI=1S/C14H18ClF4N/c1-2-8-20-13(4-3-7-14(17,18)19)10-5-6-11(15)12(16)9-10/h5-6,9,13,20H,2-4,7-8H2,1H3. The second-order valence-corrected chi connectivity index (χ2v) is 5.09. The lowest BCUT2D eigenvalue weighted by atomic mass is 10.0. The van der Waals surface area contributed by atoms with Crippen LogP contribution in [0.4, 0.5) is 17.6 Å². The van der Waals surface area contributed by atoms with Gasteiger partial charge in [-0.1, -0.05) is 24.6 Å². The third kappa shape index (κ3) is 6.09. The van der Waals surface area contributed by atoms with E-state index in [0.29, 0.717) is 18.5 Å². The van der Waals surface area contributed by atoms with Crippen LogP contribution in [0.25, 0.3) is 0 Å². The highest BCUT2D eigenvalue weighted by molar-refractivity contribution is 6.30.